The van der Waals surface area contributed by atoms with Crippen LogP contribution in [0.5, 0.6) is 0 Å². The Bertz CT molecular complexity index is 234. The predicted octanol–water partition coefficient (Wildman–Crippen LogP) is 0.536. The van der Waals surface area contributed by atoms with Crippen molar-refractivity contribution in [2.75, 3.05) is 13.6 Å². The SMILES string of the molecule is C[C@H]1CC[C@@H](C(=O)N(C)CC#N)O1. The molecule has 2 atom stereocenters. The van der Waals surface area contributed by atoms with Crippen LogP contribution in [0, 0.1) is 11.3 Å². The Hall–Kier alpha value is -1.08. The van der Waals surface area contributed by atoms with Crippen LogP contribution in [0.4, 0.5) is 0 Å². The van der Waals surface area contributed by atoms with Crippen LogP contribution in [-0.4, -0.2) is 36.6 Å². The van der Waals surface area contributed by atoms with Gasteiger partial charge in [0.05, 0.1) is 12.2 Å². The second-order valence-corrected chi connectivity index (χ2v) is 3.37. The maximum absolute atomic E-state index is 11.5. The second kappa shape index (κ2) is 4.24. The highest BCUT2D eigenvalue weighted by atomic mass is 16.5. The molecule has 1 amide bonds. The molecular formula is C9H14N2O2. The van der Waals surface area contributed by atoms with Crippen molar-refractivity contribution in [2.24, 2.45) is 0 Å². The molecule has 0 unspecified atom stereocenters. The number of hydrogen-bond donors (Lipinski definition) is 0. The number of carbonyl (C=O) groups is 1. The molecule has 1 aliphatic rings. The molecule has 0 N–H and O–H groups in total. The molecule has 0 aromatic heterocycles. The molecule has 1 aliphatic heterocycles. The Labute approximate surface area is 78.1 Å². The van der Waals surface area contributed by atoms with E-state index in [-0.39, 0.29) is 24.7 Å². The van der Waals surface area contributed by atoms with Crippen molar-refractivity contribution in [2.45, 2.75) is 32.0 Å². The maximum Gasteiger partial charge on any atom is 0.252 e. The summed E-state index contributed by atoms with van der Waals surface area (Å²) in [4.78, 5) is 12.9. The van der Waals surface area contributed by atoms with Crippen molar-refractivity contribution in [1.29, 1.82) is 5.26 Å². The second-order valence-electron chi connectivity index (χ2n) is 3.37. The molecule has 0 saturated carbocycles. The van der Waals surface area contributed by atoms with E-state index in [2.05, 4.69) is 0 Å². The third-order valence-corrected chi connectivity index (χ3v) is 2.19. The van der Waals surface area contributed by atoms with Gasteiger partial charge in [-0.25, -0.2) is 0 Å². The van der Waals surface area contributed by atoms with E-state index in [0.717, 1.165) is 12.8 Å². The van der Waals surface area contributed by atoms with E-state index < -0.39 is 0 Å². The average Bonchev–Trinajstić information content (AvgIpc) is 2.51. The number of amides is 1. The van der Waals surface area contributed by atoms with Crippen molar-refractivity contribution in [1.82, 2.24) is 4.90 Å². The Kier molecular flexibility index (Phi) is 3.26. The van der Waals surface area contributed by atoms with Gasteiger partial charge in [0.1, 0.15) is 12.6 Å². The van der Waals surface area contributed by atoms with E-state index in [9.17, 15) is 4.79 Å². The van der Waals surface area contributed by atoms with Crippen molar-refractivity contribution in [3.8, 4) is 6.07 Å². The van der Waals surface area contributed by atoms with Gasteiger partial charge >= 0.3 is 0 Å². The molecule has 4 nitrogen and oxygen atoms in total. The first kappa shape index (κ1) is 10.0. The third-order valence-electron chi connectivity index (χ3n) is 2.19. The molecule has 0 bridgehead atoms. The first-order valence-corrected chi connectivity index (χ1v) is 4.42. The van der Waals surface area contributed by atoms with Crippen molar-refractivity contribution in [3.05, 3.63) is 0 Å². The van der Waals surface area contributed by atoms with Gasteiger partial charge in [0.15, 0.2) is 0 Å². The largest absolute Gasteiger partial charge is 0.365 e. The molecule has 1 rings (SSSR count). The molecule has 1 fully saturated rings. The van der Waals surface area contributed by atoms with Gasteiger partial charge in [-0.2, -0.15) is 5.26 Å². The zero-order chi connectivity index (χ0) is 9.84. The maximum atomic E-state index is 11.5. The summed E-state index contributed by atoms with van der Waals surface area (Å²) in [5, 5.41) is 8.40. The van der Waals surface area contributed by atoms with E-state index in [1.54, 1.807) is 7.05 Å². The lowest BCUT2D eigenvalue weighted by Crippen LogP contribution is -2.36. The summed E-state index contributed by atoms with van der Waals surface area (Å²) < 4.78 is 5.39. The molecular weight excluding hydrogens is 168 g/mol. The number of ether oxygens (including phenoxy) is 1. The molecule has 13 heavy (non-hydrogen) atoms. The number of likely N-dealkylation sites (N-methyl/N-ethyl adjacent to an activating group) is 1. The molecule has 0 aromatic rings. The number of nitrogens with zero attached hydrogens (tertiary/aromatic N) is 2. The topological polar surface area (TPSA) is 53.3 Å². The lowest BCUT2D eigenvalue weighted by molar-refractivity contribution is -0.140. The fourth-order valence-electron chi connectivity index (χ4n) is 1.41. The fraction of sp³-hybridized carbons (Fsp3) is 0.778. The highest BCUT2D eigenvalue weighted by molar-refractivity contribution is 5.81. The molecule has 0 aromatic carbocycles. The van der Waals surface area contributed by atoms with Gasteiger partial charge in [0, 0.05) is 7.05 Å². The molecule has 4 heteroatoms. The first-order chi connectivity index (χ1) is 6.15. The molecule has 0 aliphatic carbocycles. The summed E-state index contributed by atoms with van der Waals surface area (Å²) in [5.41, 5.74) is 0. The van der Waals surface area contributed by atoms with Crippen LogP contribution < -0.4 is 0 Å². The number of carbonyl (C=O) groups excluding carboxylic acids is 1. The van der Waals surface area contributed by atoms with Gasteiger partial charge in [-0.3, -0.25) is 4.79 Å². The minimum Gasteiger partial charge on any atom is -0.365 e. The van der Waals surface area contributed by atoms with Crippen molar-refractivity contribution in [3.63, 3.8) is 0 Å². The van der Waals surface area contributed by atoms with Crippen LogP contribution in [0.3, 0.4) is 0 Å². The van der Waals surface area contributed by atoms with Crippen LogP contribution in [0.25, 0.3) is 0 Å². The number of nitriles is 1. The van der Waals surface area contributed by atoms with Crippen LogP contribution in [0.1, 0.15) is 19.8 Å². The molecule has 0 radical (unpaired) electrons. The standard InChI is InChI=1S/C9H14N2O2/c1-7-3-4-8(13-7)9(12)11(2)6-5-10/h7-8H,3-4,6H2,1-2H3/t7-,8-/m0/s1. The van der Waals surface area contributed by atoms with Gasteiger partial charge < -0.3 is 9.64 Å². The predicted molar refractivity (Wildman–Crippen MR) is 46.8 cm³/mol. The third kappa shape index (κ3) is 2.43. The van der Waals surface area contributed by atoms with Crippen molar-refractivity contribution >= 4 is 5.91 Å². The summed E-state index contributed by atoms with van der Waals surface area (Å²) in [6, 6.07) is 1.93. The minimum atomic E-state index is -0.326. The quantitative estimate of drug-likeness (QED) is 0.585. The van der Waals surface area contributed by atoms with Gasteiger partial charge in [-0.1, -0.05) is 0 Å². The monoisotopic (exact) mass is 182 g/mol. The Morgan fingerprint density at radius 2 is 2.38 bits per heavy atom. The number of rotatable bonds is 2. The molecule has 0 spiro atoms. The lowest BCUT2D eigenvalue weighted by atomic mass is 10.2. The van der Waals surface area contributed by atoms with Crippen LogP contribution >= 0.6 is 0 Å². The Balaban J connectivity index is 2.44. The van der Waals surface area contributed by atoms with Crippen LogP contribution in [0.15, 0.2) is 0 Å². The van der Waals surface area contributed by atoms with Gasteiger partial charge in [0.2, 0.25) is 0 Å². The van der Waals surface area contributed by atoms with E-state index in [1.165, 1.54) is 4.90 Å². The zero-order valence-corrected chi connectivity index (χ0v) is 7.99. The van der Waals surface area contributed by atoms with E-state index in [0.29, 0.717) is 0 Å². The van der Waals surface area contributed by atoms with Gasteiger partial charge in [-0.05, 0) is 19.8 Å². The Morgan fingerprint density at radius 3 is 2.85 bits per heavy atom. The summed E-state index contributed by atoms with van der Waals surface area (Å²) in [6.07, 6.45) is 1.55. The summed E-state index contributed by atoms with van der Waals surface area (Å²) in [5.74, 6) is -0.0779. The summed E-state index contributed by atoms with van der Waals surface area (Å²) in [7, 11) is 1.62. The van der Waals surface area contributed by atoms with Crippen LogP contribution in [0.2, 0.25) is 0 Å². The average molecular weight is 182 g/mol. The lowest BCUT2D eigenvalue weighted by Gasteiger charge is -2.17. The highest BCUT2D eigenvalue weighted by Gasteiger charge is 2.29. The normalized spacial score (nSPS) is 26.8. The zero-order valence-electron chi connectivity index (χ0n) is 7.99. The fourth-order valence-corrected chi connectivity index (χ4v) is 1.41. The van der Waals surface area contributed by atoms with Crippen molar-refractivity contribution < 1.29 is 9.53 Å². The van der Waals surface area contributed by atoms with E-state index >= 15 is 0 Å². The van der Waals surface area contributed by atoms with E-state index in [4.69, 9.17) is 10.00 Å². The van der Waals surface area contributed by atoms with Gasteiger partial charge in [0.25, 0.3) is 5.91 Å². The van der Waals surface area contributed by atoms with Gasteiger partial charge in [-0.15, -0.1) is 0 Å². The molecule has 1 heterocycles. The molecule has 1 saturated heterocycles. The first-order valence-electron chi connectivity index (χ1n) is 4.42. The Morgan fingerprint density at radius 1 is 1.69 bits per heavy atom. The number of hydrogen-bond acceptors (Lipinski definition) is 3. The van der Waals surface area contributed by atoms with E-state index in [1.807, 2.05) is 13.0 Å². The van der Waals surface area contributed by atoms with Crippen LogP contribution in [-0.2, 0) is 9.53 Å². The summed E-state index contributed by atoms with van der Waals surface area (Å²) in [6.45, 7) is 2.09. The minimum absolute atomic E-state index is 0.0779. The smallest absolute Gasteiger partial charge is 0.252 e. The summed E-state index contributed by atoms with van der Waals surface area (Å²) >= 11 is 0. The molecule has 72 valence electrons. The highest BCUT2D eigenvalue weighted by Crippen LogP contribution is 2.20.